The van der Waals surface area contributed by atoms with E-state index in [1.165, 1.54) is 11.1 Å². The maximum Gasteiger partial charge on any atom is 0.0991 e. The van der Waals surface area contributed by atoms with Crippen molar-refractivity contribution in [1.82, 2.24) is 0 Å². The molecule has 0 aliphatic carbocycles. The highest BCUT2D eigenvalue weighted by Gasteiger charge is 2.01. The van der Waals surface area contributed by atoms with Crippen molar-refractivity contribution in [3.8, 4) is 17.2 Å². The Morgan fingerprint density at radius 1 is 0.875 bits per heavy atom. The highest BCUT2D eigenvalue weighted by Crippen LogP contribution is 2.22. The molecule has 0 bridgehead atoms. The molecule has 0 radical (unpaired) electrons. The van der Waals surface area contributed by atoms with E-state index in [2.05, 4.69) is 37.3 Å². The fourth-order valence-electron chi connectivity index (χ4n) is 1.84. The van der Waals surface area contributed by atoms with E-state index in [0.717, 1.165) is 16.7 Å². The number of nitrogens with zero attached hydrogens (tertiary/aromatic N) is 1. The van der Waals surface area contributed by atoms with Crippen LogP contribution >= 0.6 is 0 Å². The largest absolute Gasteiger partial charge is 0.192 e. The van der Waals surface area contributed by atoms with Gasteiger partial charge in [-0.1, -0.05) is 35.9 Å². The molecule has 0 saturated heterocycles. The zero-order chi connectivity index (χ0) is 11.5. The topological polar surface area (TPSA) is 23.8 Å². The second-order valence-corrected chi connectivity index (χ2v) is 4.07. The predicted molar refractivity (Wildman–Crippen MR) is 66.1 cm³/mol. The summed E-state index contributed by atoms with van der Waals surface area (Å²) in [6.07, 6.45) is 0. The van der Waals surface area contributed by atoms with Crippen molar-refractivity contribution in [1.29, 1.82) is 5.26 Å². The monoisotopic (exact) mass is 207 g/mol. The molecule has 0 N–H and O–H groups in total. The third kappa shape index (κ3) is 2.12. The van der Waals surface area contributed by atoms with Gasteiger partial charge in [0.25, 0.3) is 0 Å². The summed E-state index contributed by atoms with van der Waals surface area (Å²) in [5, 5.41) is 8.94. The lowest BCUT2D eigenvalue weighted by Crippen LogP contribution is -1.84. The molecular formula is C15H13N. The maximum atomic E-state index is 8.94. The standard InChI is InChI=1S/C15H13N/c1-11-4-3-5-14(7-11)15-8-12(2)6-13(9-15)10-16/h3-9H,1-2H3. The first-order valence-corrected chi connectivity index (χ1v) is 5.28. The molecule has 0 amide bonds. The Morgan fingerprint density at radius 2 is 1.62 bits per heavy atom. The Labute approximate surface area is 96.0 Å². The van der Waals surface area contributed by atoms with E-state index < -0.39 is 0 Å². The van der Waals surface area contributed by atoms with Crippen LogP contribution < -0.4 is 0 Å². The lowest BCUT2D eigenvalue weighted by Gasteiger charge is -2.05. The van der Waals surface area contributed by atoms with Crippen LogP contribution in [0.25, 0.3) is 11.1 Å². The number of rotatable bonds is 1. The average molecular weight is 207 g/mol. The molecule has 0 aromatic heterocycles. The highest BCUT2D eigenvalue weighted by atomic mass is 14.2. The fourth-order valence-corrected chi connectivity index (χ4v) is 1.84. The van der Waals surface area contributed by atoms with Gasteiger partial charge in [0.2, 0.25) is 0 Å². The second kappa shape index (κ2) is 4.20. The summed E-state index contributed by atoms with van der Waals surface area (Å²) in [6.45, 7) is 4.09. The van der Waals surface area contributed by atoms with Crippen molar-refractivity contribution in [2.75, 3.05) is 0 Å². The first-order valence-electron chi connectivity index (χ1n) is 5.28. The lowest BCUT2D eigenvalue weighted by molar-refractivity contribution is 1.41. The molecule has 0 spiro atoms. The third-order valence-corrected chi connectivity index (χ3v) is 2.56. The van der Waals surface area contributed by atoms with Crippen LogP contribution in [-0.4, -0.2) is 0 Å². The molecule has 1 heteroatoms. The van der Waals surface area contributed by atoms with E-state index in [1.54, 1.807) is 0 Å². The van der Waals surface area contributed by atoms with E-state index in [0.29, 0.717) is 0 Å². The summed E-state index contributed by atoms with van der Waals surface area (Å²) >= 11 is 0. The van der Waals surface area contributed by atoms with Crippen molar-refractivity contribution in [3.63, 3.8) is 0 Å². The molecule has 0 heterocycles. The van der Waals surface area contributed by atoms with E-state index in [4.69, 9.17) is 5.26 Å². The van der Waals surface area contributed by atoms with Crippen LogP contribution in [0.15, 0.2) is 42.5 Å². The number of nitriles is 1. The van der Waals surface area contributed by atoms with E-state index in [-0.39, 0.29) is 0 Å². The van der Waals surface area contributed by atoms with Crippen LogP contribution in [0.1, 0.15) is 16.7 Å². The first-order chi connectivity index (χ1) is 7.69. The van der Waals surface area contributed by atoms with Gasteiger partial charge in [-0.25, -0.2) is 0 Å². The summed E-state index contributed by atoms with van der Waals surface area (Å²) in [7, 11) is 0. The zero-order valence-electron chi connectivity index (χ0n) is 9.49. The Balaban J connectivity index is 2.56. The van der Waals surface area contributed by atoms with Crippen LogP contribution in [0.5, 0.6) is 0 Å². The van der Waals surface area contributed by atoms with Crippen molar-refractivity contribution in [3.05, 3.63) is 59.2 Å². The van der Waals surface area contributed by atoms with Crippen LogP contribution in [0.3, 0.4) is 0 Å². The Morgan fingerprint density at radius 3 is 2.31 bits per heavy atom. The van der Waals surface area contributed by atoms with E-state index in [9.17, 15) is 0 Å². The number of hydrogen-bond acceptors (Lipinski definition) is 1. The predicted octanol–water partition coefficient (Wildman–Crippen LogP) is 3.84. The molecule has 78 valence electrons. The normalized spacial score (nSPS) is 9.81. The third-order valence-electron chi connectivity index (χ3n) is 2.56. The average Bonchev–Trinajstić information content (AvgIpc) is 2.28. The first kappa shape index (κ1) is 10.4. The zero-order valence-corrected chi connectivity index (χ0v) is 9.49. The minimum Gasteiger partial charge on any atom is -0.192 e. The molecule has 2 aromatic rings. The van der Waals surface area contributed by atoms with Gasteiger partial charge in [0.1, 0.15) is 0 Å². The molecule has 2 aromatic carbocycles. The molecule has 0 aliphatic rings. The van der Waals surface area contributed by atoms with Gasteiger partial charge in [0.15, 0.2) is 0 Å². The summed E-state index contributed by atoms with van der Waals surface area (Å²) in [6, 6.07) is 16.5. The van der Waals surface area contributed by atoms with Gasteiger partial charge in [-0.2, -0.15) is 5.26 Å². The van der Waals surface area contributed by atoms with Crippen molar-refractivity contribution < 1.29 is 0 Å². The molecule has 1 nitrogen and oxygen atoms in total. The van der Waals surface area contributed by atoms with Gasteiger partial charge in [-0.05, 0) is 42.7 Å². The van der Waals surface area contributed by atoms with Crippen molar-refractivity contribution >= 4 is 0 Å². The van der Waals surface area contributed by atoms with E-state index in [1.807, 2.05) is 25.1 Å². The minimum atomic E-state index is 0.719. The summed E-state index contributed by atoms with van der Waals surface area (Å²) in [4.78, 5) is 0. The van der Waals surface area contributed by atoms with Crippen LogP contribution in [0, 0.1) is 25.2 Å². The quantitative estimate of drug-likeness (QED) is 0.697. The van der Waals surface area contributed by atoms with Gasteiger partial charge in [-0.3, -0.25) is 0 Å². The number of benzene rings is 2. The van der Waals surface area contributed by atoms with Crippen LogP contribution in [0.4, 0.5) is 0 Å². The van der Waals surface area contributed by atoms with Crippen LogP contribution in [0.2, 0.25) is 0 Å². The Hall–Kier alpha value is -2.07. The van der Waals surface area contributed by atoms with Crippen molar-refractivity contribution in [2.45, 2.75) is 13.8 Å². The van der Waals surface area contributed by atoms with Gasteiger partial charge in [-0.15, -0.1) is 0 Å². The molecule has 0 aliphatic heterocycles. The maximum absolute atomic E-state index is 8.94. The number of hydrogen-bond donors (Lipinski definition) is 0. The lowest BCUT2D eigenvalue weighted by atomic mass is 9.99. The van der Waals surface area contributed by atoms with Gasteiger partial charge >= 0.3 is 0 Å². The summed E-state index contributed by atoms with van der Waals surface area (Å²) in [5.74, 6) is 0. The molecule has 0 fully saturated rings. The van der Waals surface area contributed by atoms with Gasteiger partial charge in [0.05, 0.1) is 11.6 Å². The summed E-state index contributed by atoms with van der Waals surface area (Å²) < 4.78 is 0. The molecule has 16 heavy (non-hydrogen) atoms. The molecule has 0 saturated carbocycles. The van der Waals surface area contributed by atoms with Gasteiger partial charge in [0, 0.05) is 0 Å². The Kier molecular flexibility index (Phi) is 2.74. The van der Waals surface area contributed by atoms with E-state index >= 15 is 0 Å². The molecule has 0 atom stereocenters. The number of aryl methyl sites for hydroxylation is 2. The fraction of sp³-hybridized carbons (Fsp3) is 0.133. The molecule has 2 rings (SSSR count). The second-order valence-electron chi connectivity index (χ2n) is 4.07. The van der Waals surface area contributed by atoms with Gasteiger partial charge < -0.3 is 0 Å². The van der Waals surface area contributed by atoms with Crippen molar-refractivity contribution in [2.24, 2.45) is 0 Å². The highest BCUT2D eigenvalue weighted by molar-refractivity contribution is 5.66. The minimum absolute atomic E-state index is 0.719. The smallest absolute Gasteiger partial charge is 0.0991 e. The van der Waals surface area contributed by atoms with Crippen LogP contribution in [-0.2, 0) is 0 Å². The SMILES string of the molecule is Cc1cccc(-c2cc(C)cc(C#N)c2)c1. The molecular weight excluding hydrogens is 194 g/mol. The summed E-state index contributed by atoms with van der Waals surface area (Å²) in [5.41, 5.74) is 5.35. The molecule has 0 unspecified atom stereocenters. The Bertz CT molecular complexity index is 562.